The van der Waals surface area contributed by atoms with Crippen LogP contribution in [0.5, 0.6) is 0 Å². The number of ketones is 1. The van der Waals surface area contributed by atoms with Crippen LogP contribution < -0.4 is 0 Å². The molecule has 0 heterocycles. The lowest BCUT2D eigenvalue weighted by Gasteiger charge is -2.54. The fourth-order valence-corrected chi connectivity index (χ4v) is 5.48. The molecule has 90 valence electrons. The van der Waals surface area contributed by atoms with Gasteiger partial charge in [-0.1, -0.05) is 27.7 Å². The summed E-state index contributed by atoms with van der Waals surface area (Å²) >= 11 is 0. The van der Waals surface area contributed by atoms with Crippen molar-refractivity contribution in [2.45, 2.75) is 59.8 Å². The lowest BCUT2D eigenvalue weighted by Crippen LogP contribution is -2.52. The summed E-state index contributed by atoms with van der Waals surface area (Å²) in [7, 11) is 0. The second-order valence-corrected chi connectivity index (χ2v) is 7.70. The van der Waals surface area contributed by atoms with E-state index in [1.807, 2.05) is 0 Å². The van der Waals surface area contributed by atoms with E-state index < -0.39 is 0 Å². The molecule has 3 rings (SSSR count). The maximum absolute atomic E-state index is 12.4. The molecule has 2 bridgehead atoms. The van der Waals surface area contributed by atoms with E-state index in [-0.39, 0.29) is 5.41 Å². The van der Waals surface area contributed by atoms with E-state index in [2.05, 4.69) is 27.7 Å². The average Bonchev–Trinajstić information content (AvgIpc) is 2.67. The van der Waals surface area contributed by atoms with E-state index in [9.17, 15) is 4.79 Å². The first-order chi connectivity index (χ1) is 7.31. The van der Waals surface area contributed by atoms with E-state index in [0.29, 0.717) is 22.5 Å². The standard InChI is InChI=1S/C15H24O/c1-13(2)7-6-11(16)12-14(3,4)10-5-8-15(12,13)9-10/h10,12H,5-9H2,1-4H3/t10-,12-,15-/m1/s1. The first-order valence-electron chi connectivity index (χ1n) is 6.84. The van der Waals surface area contributed by atoms with Crippen LogP contribution in [0.15, 0.2) is 0 Å². The summed E-state index contributed by atoms with van der Waals surface area (Å²) in [5.41, 5.74) is 1.01. The molecule has 0 aliphatic heterocycles. The van der Waals surface area contributed by atoms with E-state index >= 15 is 0 Å². The first-order valence-corrected chi connectivity index (χ1v) is 6.84. The van der Waals surface area contributed by atoms with Gasteiger partial charge in [-0.3, -0.25) is 4.79 Å². The van der Waals surface area contributed by atoms with Crippen molar-refractivity contribution < 1.29 is 4.79 Å². The van der Waals surface area contributed by atoms with Crippen LogP contribution in [0, 0.1) is 28.1 Å². The number of carbonyl (C=O) groups is 1. The van der Waals surface area contributed by atoms with Gasteiger partial charge in [0.15, 0.2) is 0 Å². The van der Waals surface area contributed by atoms with Gasteiger partial charge in [0.05, 0.1) is 0 Å². The predicted octanol–water partition coefficient (Wildman–Crippen LogP) is 3.82. The van der Waals surface area contributed by atoms with Crippen molar-refractivity contribution >= 4 is 5.78 Å². The van der Waals surface area contributed by atoms with E-state index in [4.69, 9.17) is 0 Å². The second kappa shape index (κ2) is 2.73. The Morgan fingerprint density at radius 3 is 2.44 bits per heavy atom. The molecule has 1 nitrogen and oxygen atoms in total. The second-order valence-electron chi connectivity index (χ2n) is 7.70. The SMILES string of the molecule is CC1(C)[C@@H]2CC[C@@]3(C2)[C@@H]1C(=O)CCC3(C)C. The molecule has 0 aromatic carbocycles. The van der Waals surface area contributed by atoms with Crippen molar-refractivity contribution in [3.8, 4) is 0 Å². The fraction of sp³-hybridized carbons (Fsp3) is 0.933. The maximum Gasteiger partial charge on any atom is 0.137 e. The third-order valence-electron chi connectivity index (χ3n) is 6.56. The van der Waals surface area contributed by atoms with E-state index in [1.54, 1.807) is 0 Å². The van der Waals surface area contributed by atoms with Crippen LogP contribution >= 0.6 is 0 Å². The molecule has 0 amide bonds. The zero-order valence-electron chi connectivity index (χ0n) is 11.1. The molecule has 3 fully saturated rings. The minimum absolute atomic E-state index is 0.271. The van der Waals surface area contributed by atoms with Gasteiger partial charge < -0.3 is 0 Å². The molecule has 16 heavy (non-hydrogen) atoms. The molecular weight excluding hydrogens is 196 g/mol. The highest BCUT2D eigenvalue weighted by atomic mass is 16.1. The number of carbonyl (C=O) groups excluding carboxylic acids is 1. The summed E-state index contributed by atoms with van der Waals surface area (Å²) in [6, 6.07) is 0. The van der Waals surface area contributed by atoms with Crippen LogP contribution in [0.4, 0.5) is 0 Å². The van der Waals surface area contributed by atoms with Gasteiger partial charge in [-0.2, -0.15) is 0 Å². The van der Waals surface area contributed by atoms with Gasteiger partial charge in [-0.25, -0.2) is 0 Å². The summed E-state index contributed by atoms with van der Waals surface area (Å²) in [5, 5.41) is 0. The predicted molar refractivity (Wildman–Crippen MR) is 65.1 cm³/mol. The maximum atomic E-state index is 12.4. The van der Waals surface area contributed by atoms with Crippen molar-refractivity contribution in [3.05, 3.63) is 0 Å². The zero-order chi connectivity index (χ0) is 11.8. The Hall–Kier alpha value is -0.330. The molecule has 3 aliphatic rings. The molecule has 1 spiro atoms. The third kappa shape index (κ3) is 0.966. The molecule has 3 aliphatic carbocycles. The fourth-order valence-electron chi connectivity index (χ4n) is 5.48. The van der Waals surface area contributed by atoms with Crippen LogP contribution in [-0.2, 0) is 4.79 Å². The smallest absolute Gasteiger partial charge is 0.137 e. The monoisotopic (exact) mass is 220 g/mol. The summed E-state index contributed by atoms with van der Waals surface area (Å²) in [6.07, 6.45) is 5.94. The van der Waals surface area contributed by atoms with Gasteiger partial charge in [-0.15, -0.1) is 0 Å². The summed E-state index contributed by atoms with van der Waals surface area (Å²) in [6.45, 7) is 9.53. The average molecular weight is 220 g/mol. The van der Waals surface area contributed by atoms with Crippen LogP contribution in [0.25, 0.3) is 0 Å². The van der Waals surface area contributed by atoms with E-state index in [1.165, 1.54) is 19.3 Å². The van der Waals surface area contributed by atoms with Gasteiger partial charge in [0, 0.05) is 12.3 Å². The van der Waals surface area contributed by atoms with E-state index in [0.717, 1.165) is 18.8 Å². The molecule has 3 atom stereocenters. The molecule has 3 saturated carbocycles. The summed E-state index contributed by atoms with van der Waals surface area (Å²) in [5.74, 6) is 1.74. The van der Waals surface area contributed by atoms with Crippen LogP contribution in [0.3, 0.4) is 0 Å². The zero-order valence-corrected chi connectivity index (χ0v) is 11.1. The highest BCUT2D eigenvalue weighted by Gasteiger charge is 2.69. The van der Waals surface area contributed by atoms with Crippen LogP contribution in [0.1, 0.15) is 59.8 Å². The Morgan fingerprint density at radius 2 is 1.81 bits per heavy atom. The Morgan fingerprint density at radius 1 is 1.12 bits per heavy atom. The minimum Gasteiger partial charge on any atom is -0.299 e. The largest absolute Gasteiger partial charge is 0.299 e. The number of hydrogen-bond donors (Lipinski definition) is 0. The Balaban J connectivity index is 2.14. The van der Waals surface area contributed by atoms with Gasteiger partial charge in [-0.05, 0) is 47.8 Å². The van der Waals surface area contributed by atoms with Gasteiger partial charge in [0.25, 0.3) is 0 Å². The number of hydrogen-bond acceptors (Lipinski definition) is 1. The lowest BCUT2D eigenvalue weighted by atomic mass is 9.49. The summed E-state index contributed by atoms with van der Waals surface area (Å²) in [4.78, 5) is 12.4. The van der Waals surface area contributed by atoms with Crippen molar-refractivity contribution in [3.63, 3.8) is 0 Å². The highest BCUT2D eigenvalue weighted by molar-refractivity contribution is 5.84. The Kier molecular flexibility index (Phi) is 1.85. The molecule has 0 radical (unpaired) electrons. The quantitative estimate of drug-likeness (QED) is 0.606. The summed E-state index contributed by atoms with van der Waals surface area (Å²) < 4.78 is 0. The first kappa shape index (κ1) is 10.8. The van der Waals surface area contributed by atoms with Crippen molar-refractivity contribution in [2.75, 3.05) is 0 Å². The Bertz CT molecular complexity index is 352. The number of fused-ring (bicyclic) bond motifs is 1. The molecular formula is C15H24O. The van der Waals surface area contributed by atoms with Crippen LogP contribution in [0.2, 0.25) is 0 Å². The number of rotatable bonds is 0. The molecule has 0 N–H and O–H groups in total. The molecule has 0 saturated heterocycles. The molecule has 0 aromatic rings. The minimum atomic E-state index is 0.271. The molecule has 1 heteroatoms. The molecule has 0 aromatic heterocycles. The number of Topliss-reactive ketones (excluding diaryl/α,β-unsaturated/α-hetero) is 1. The lowest BCUT2D eigenvalue weighted by molar-refractivity contribution is -0.146. The molecule has 0 unspecified atom stereocenters. The third-order valence-corrected chi connectivity index (χ3v) is 6.56. The van der Waals surface area contributed by atoms with Crippen LogP contribution in [-0.4, -0.2) is 5.78 Å². The highest BCUT2D eigenvalue weighted by Crippen LogP contribution is 2.74. The van der Waals surface area contributed by atoms with Gasteiger partial charge in [0.1, 0.15) is 5.78 Å². The normalized spacial score (nSPS) is 48.1. The topological polar surface area (TPSA) is 17.1 Å². The Labute approximate surface area is 99.0 Å². The van der Waals surface area contributed by atoms with Gasteiger partial charge in [0.2, 0.25) is 0 Å². The van der Waals surface area contributed by atoms with Gasteiger partial charge >= 0.3 is 0 Å². The van der Waals surface area contributed by atoms with Crippen molar-refractivity contribution in [1.29, 1.82) is 0 Å². The van der Waals surface area contributed by atoms with Crippen molar-refractivity contribution in [2.24, 2.45) is 28.1 Å². The van der Waals surface area contributed by atoms with Crippen molar-refractivity contribution in [1.82, 2.24) is 0 Å².